The second kappa shape index (κ2) is 5.70. The first-order chi connectivity index (χ1) is 9.43. The van der Waals surface area contributed by atoms with Crippen LogP contribution in [0.2, 0.25) is 0 Å². The summed E-state index contributed by atoms with van der Waals surface area (Å²) in [6.07, 6.45) is 2.41. The third-order valence-corrected chi connectivity index (χ3v) is 3.93. The number of nitrogens with one attached hydrogen (secondary N) is 1. The maximum absolute atomic E-state index is 5.89. The second-order valence-corrected chi connectivity index (χ2v) is 6.11. The standard InChI is InChI=1S/C17H25N3/c1-12(2)10-19-16(18)20-11-17(7-8-17)15-6-5-13(3)9-14(15)4/h5-6,9H,1,7-8,10-11H2,2-4H3,(H3,18,19,20). The highest BCUT2D eigenvalue weighted by molar-refractivity contribution is 5.78. The van der Waals surface area contributed by atoms with E-state index in [1.165, 1.54) is 29.5 Å². The Morgan fingerprint density at radius 3 is 2.65 bits per heavy atom. The zero-order valence-corrected chi connectivity index (χ0v) is 12.8. The average Bonchev–Trinajstić information content (AvgIpc) is 3.15. The van der Waals surface area contributed by atoms with E-state index in [1.54, 1.807) is 0 Å². The zero-order chi connectivity index (χ0) is 14.8. The Bertz CT molecular complexity index is 539. The molecule has 1 aromatic carbocycles. The highest BCUT2D eigenvalue weighted by Gasteiger charge is 2.44. The summed E-state index contributed by atoms with van der Waals surface area (Å²) >= 11 is 0. The number of rotatable bonds is 5. The molecule has 1 aliphatic rings. The zero-order valence-electron chi connectivity index (χ0n) is 12.8. The largest absolute Gasteiger partial charge is 0.370 e. The highest BCUT2D eigenvalue weighted by atomic mass is 15.1. The molecule has 3 heteroatoms. The fourth-order valence-electron chi connectivity index (χ4n) is 2.61. The van der Waals surface area contributed by atoms with Crippen LogP contribution in [0.3, 0.4) is 0 Å². The molecule has 0 unspecified atom stereocenters. The molecule has 3 nitrogen and oxygen atoms in total. The molecule has 1 fully saturated rings. The first-order valence-electron chi connectivity index (χ1n) is 7.19. The van der Waals surface area contributed by atoms with Crippen LogP contribution in [0.25, 0.3) is 0 Å². The second-order valence-electron chi connectivity index (χ2n) is 6.11. The van der Waals surface area contributed by atoms with Crippen molar-refractivity contribution in [1.29, 1.82) is 0 Å². The van der Waals surface area contributed by atoms with Crippen LogP contribution in [-0.4, -0.2) is 19.0 Å². The number of aliphatic imine (C=N–C) groups is 1. The molecule has 1 aliphatic carbocycles. The van der Waals surface area contributed by atoms with Gasteiger partial charge in [-0.3, -0.25) is 4.99 Å². The van der Waals surface area contributed by atoms with Crippen molar-refractivity contribution in [3.8, 4) is 0 Å². The number of guanidine groups is 1. The van der Waals surface area contributed by atoms with E-state index in [1.807, 2.05) is 6.92 Å². The number of benzene rings is 1. The van der Waals surface area contributed by atoms with Gasteiger partial charge in [-0.25, -0.2) is 0 Å². The van der Waals surface area contributed by atoms with Crippen LogP contribution in [0, 0.1) is 13.8 Å². The van der Waals surface area contributed by atoms with Crippen molar-refractivity contribution in [1.82, 2.24) is 5.32 Å². The molecule has 0 heterocycles. The molecule has 3 N–H and O–H groups in total. The number of hydrogen-bond acceptors (Lipinski definition) is 1. The van der Waals surface area contributed by atoms with Crippen LogP contribution in [0.1, 0.15) is 36.5 Å². The molecule has 0 amide bonds. The average molecular weight is 271 g/mol. The molecule has 2 rings (SSSR count). The van der Waals surface area contributed by atoms with E-state index in [0.717, 1.165) is 12.1 Å². The predicted octanol–water partition coefficient (Wildman–Crippen LogP) is 2.82. The van der Waals surface area contributed by atoms with Crippen molar-refractivity contribution < 1.29 is 0 Å². The summed E-state index contributed by atoms with van der Waals surface area (Å²) < 4.78 is 0. The normalized spacial score (nSPS) is 16.9. The molecule has 0 saturated heterocycles. The van der Waals surface area contributed by atoms with Crippen LogP contribution in [-0.2, 0) is 5.41 Å². The van der Waals surface area contributed by atoms with Crippen molar-refractivity contribution in [2.45, 2.75) is 39.0 Å². The first-order valence-corrected chi connectivity index (χ1v) is 7.19. The lowest BCUT2D eigenvalue weighted by atomic mass is 9.91. The maximum Gasteiger partial charge on any atom is 0.188 e. The van der Waals surface area contributed by atoms with E-state index in [4.69, 9.17) is 5.73 Å². The van der Waals surface area contributed by atoms with E-state index in [2.05, 4.69) is 48.9 Å². The van der Waals surface area contributed by atoms with Crippen molar-refractivity contribution in [2.75, 3.05) is 13.1 Å². The molecular weight excluding hydrogens is 246 g/mol. The Kier molecular flexibility index (Phi) is 4.17. The molecule has 20 heavy (non-hydrogen) atoms. The molecule has 1 aromatic rings. The quantitative estimate of drug-likeness (QED) is 0.491. The van der Waals surface area contributed by atoms with E-state index < -0.39 is 0 Å². The Morgan fingerprint density at radius 1 is 1.40 bits per heavy atom. The number of nitrogens with two attached hydrogens (primary N) is 1. The Morgan fingerprint density at radius 2 is 2.10 bits per heavy atom. The fraction of sp³-hybridized carbons (Fsp3) is 0.471. The lowest BCUT2D eigenvalue weighted by Gasteiger charge is -2.17. The predicted molar refractivity (Wildman–Crippen MR) is 86.1 cm³/mol. The lowest BCUT2D eigenvalue weighted by molar-refractivity contribution is 0.696. The van der Waals surface area contributed by atoms with Gasteiger partial charge in [0.15, 0.2) is 5.96 Å². The third kappa shape index (κ3) is 3.41. The summed E-state index contributed by atoms with van der Waals surface area (Å²) in [5.41, 5.74) is 11.3. The molecule has 0 atom stereocenters. The SMILES string of the molecule is C=C(C)CNC(N)=NCC1(c2ccc(C)cc2C)CC1. The topological polar surface area (TPSA) is 50.4 Å². The van der Waals surface area contributed by atoms with Gasteiger partial charge in [0.05, 0.1) is 6.54 Å². The lowest BCUT2D eigenvalue weighted by Crippen LogP contribution is -2.33. The van der Waals surface area contributed by atoms with E-state index in [-0.39, 0.29) is 5.41 Å². The summed E-state index contributed by atoms with van der Waals surface area (Å²) in [5, 5.41) is 3.09. The van der Waals surface area contributed by atoms with Crippen molar-refractivity contribution >= 4 is 5.96 Å². The molecular formula is C17H25N3. The van der Waals surface area contributed by atoms with Crippen molar-refractivity contribution in [3.63, 3.8) is 0 Å². The maximum atomic E-state index is 5.89. The highest BCUT2D eigenvalue weighted by Crippen LogP contribution is 2.49. The molecule has 0 aromatic heterocycles. The summed E-state index contributed by atoms with van der Waals surface area (Å²) in [7, 11) is 0. The Hall–Kier alpha value is -1.77. The molecule has 1 saturated carbocycles. The van der Waals surface area contributed by atoms with Crippen LogP contribution in [0.15, 0.2) is 35.3 Å². The van der Waals surface area contributed by atoms with Gasteiger partial charge < -0.3 is 11.1 Å². The van der Waals surface area contributed by atoms with Crippen LogP contribution >= 0.6 is 0 Å². The van der Waals surface area contributed by atoms with Gasteiger partial charge in [0.25, 0.3) is 0 Å². The van der Waals surface area contributed by atoms with Gasteiger partial charge in [0, 0.05) is 12.0 Å². The summed E-state index contributed by atoms with van der Waals surface area (Å²) in [6, 6.07) is 6.70. The van der Waals surface area contributed by atoms with Gasteiger partial charge in [-0.1, -0.05) is 35.9 Å². The Balaban J connectivity index is 2.05. The molecule has 108 valence electrons. The minimum atomic E-state index is 0.216. The molecule has 0 aliphatic heterocycles. The van der Waals surface area contributed by atoms with Gasteiger partial charge in [-0.15, -0.1) is 0 Å². The van der Waals surface area contributed by atoms with E-state index in [0.29, 0.717) is 12.5 Å². The minimum absolute atomic E-state index is 0.216. The van der Waals surface area contributed by atoms with E-state index >= 15 is 0 Å². The van der Waals surface area contributed by atoms with E-state index in [9.17, 15) is 0 Å². The molecule has 0 radical (unpaired) electrons. The first kappa shape index (κ1) is 14.6. The number of hydrogen-bond donors (Lipinski definition) is 2. The number of nitrogens with zero attached hydrogens (tertiary/aromatic N) is 1. The van der Waals surface area contributed by atoms with Crippen LogP contribution in [0.5, 0.6) is 0 Å². The smallest absolute Gasteiger partial charge is 0.188 e. The molecule has 0 spiro atoms. The van der Waals surface area contributed by atoms with Gasteiger partial charge in [-0.2, -0.15) is 0 Å². The summed E-state index contributed by atoms with van der Waals surface area (Å²) in [4.78, 5) is 4.51. The third-order valence-electron chi connectivity index (χ3n) is 3.93. The van der Waals surface area contributed by atoms with Gasteiger partial charge in [0.1, 0.15) is 0 Å². The molecule has 0 bridgehead atoms. The minimum Gasteiger partial charge on any atom is -0.370 e. The monoisotopic (exact) mass is 271 g/mol. The van der Waals surface area contributed by atoms with Gasteiger partial charge >= 0.3 is 0 Å². The van der Waals surface area contributed by atoms with Crippen molar-refractivity contribution in [2.24, 2.45) is 10.7 Å². The van der Waals surface area contributed by atoms with Crippen LogP contribution < -0.4 is 11.1 Å². The fourth-order valence-corrected chi connectivity index (χ4v) is 2.61. The van der Waals surface area contributed by atoms with Crippen molar-refractivity contribution in [3.05, 3.63) is 47.0 Å². The number of aryl methyl sites for hydroxylation is 2. The Labute approximate surface area is 122 Å². The van der Waals surface area contributed by atoms with Gasteiger partial charge in [-0.05, 0) is 44.7 Å². The van der Waals surface area contributed by atoms with Gasteiger partial charge in [0.2, 0.25) is 0 Å². The van der Waals surface area contributed by atoms with Crippen LogP contribution in [0.4, 0.5) is 0 Å². The summed E-state index contributed by atoms with van der Waals surface area (Å²) in [5.74, 6) is 0.518. The summed E-state index contributed by atoms with van der Waals surface area (Å²) in [6.45, 7) is 11.6.